The van der Waals surface area contributed by atoms with Crippen LogP contribution in [0.2, 0.25) is 0 Å². The molecule has 0 unspecified atom stereocenters. The molecule has 118 valence electrons. The van der Waals surface area contributed by atoms with Crippen molar-refractivity contribution in [2.75, 3.05) is 0 Å². The molecule has 0 bridgehead atoms. The van der Waals surface area contributed by atoms with E-state index in [0.717, 1.165) is 23.0 Å². The van der Waals surface area contributed by atoms with E-state index in [-0.39, 0.29) is 16.9 Å². The number of nitrogens with zero attached hydrogens (tertiary/aromatic N) is 5. The summed E-state index contributed by atoms with van der Waals surface area (Å²) in [7, 11) is 1.46. The molecule has 23 heavy (non-hydrogen) atoms. The molecular weight excluding hydrogens is 294 g/mol. The Hall–Kier alpha value is -2.83. The lowest BCUT2D eigenvalue weighted by atomic mass is 10.2. The Kier molecular flexibility index (Phi) is 4.01. The zero-order valence-corrected chi connectivity index (χ0v) is 13.1. The quantitative estimate of drug-likeness (QED) is 0.726. The molecule has 3 rings (SSSR count). The smallest absolute Gasteiger partial charge is 0.275 e. The van der Waals surface area contributed by atoms with E-state index in [1.807, 2.05) is 37.3 Å². The summed E-state index contributed by atoms with van der Waals surface area (Å²) in [5, 5.41) is 8.20. The number of aryl methyl sites for hydroxylation is 1. The van der Waals surface area contributed by atoms with Crippen LogP contribution in [0.25, 0.3) is 22.6 Å². The van der Waals surface area contributed by atoms with E-state index in [9.17, 15) is 9.59 Å². The lowest BCUT2D eigenvalue weighted by Gasteiger charge is -2.10. The van der Waals surface area contributed by atoms with Gasteiger partial charge in [-0.2, -0.15) is 0 Å². The maximum Gasteiger partial charge on any atom is 0.332 e. The third kappa shape index (κ3) is 2.65. The van der Waals surface area contributed by atoms with E-state index < -0.39 is 5.56 Å². The number of hydrogen-bond donors (Lipinski definition) is 0. The first kappa shape index (κ1) is 15.1. The van der Waals surface area contributed by atoms with Crippen molar-refractivity contribution in [1.29, 1.82) is 0 Å². The molecule has 0 aliphatic rings. The molecule has 0 amide bonds. The Labute approximate surface area is 132 Å². The first-order chi connectivity index (χ1) is 11.1. The Morgan fingerprint density at radius 2 is 1.83 bits per heavy atom. The van der Waals surface area contributed by atoms with Crippen LogP contribution in [0, 0.1) is 0 Å². The first-order valence-corrected chi connectivity index (χ1v) is 7.53. The molecule has 3 aromatic rings. The fourth-order valence-corrected chi connectivity index (χ4v) is 2.39. The van der Waals surface area contributed by atoms with Gasteiger partial charge in [0.25, 0.3) is 5.56 Å². The summed E-state index contributed by atoms with van der Waals surface area (Å²) in [5.41, 5.74) is 0.336. The SMILES string of the molecule is CCCCn1c(=O)n(C)c(=O)c2nc(-c3ccccc3)nnc21. The third-order valence-electron chi connectivity index (χ3n) is 3.72. The second-order valence-electron chi connectivity index (χ2n) is 5.33. The maximum atomic E-state index is 12.4. The monoisotopic (exact) mass is 311 g/mol. The van der Waals surface area contributed by atoms with Gasteiger partial charge in [0.05, 0.1) is 0 Å². The van der Waals surface area contributed by atoms with E-state index in [2.05, 4.69) is 15.2 Å². The van der Waals surface area contributed by atoms with Crippen LogP contribution < -0.4 is 11.2 Å². The van der Waals surface area contributed by atoms with Crippen LogP contribution in [-0.4, -0.2) is 24.3 Å². The van der Waals surface area contributed by atoms with Crippen LogP contribution in [0.15, 0.2) is 39.9 Å². The second kappa shape index (κ2) is 6.12. The van der Waals surface area contributed by atoms with Gasteiger partial charge in [-0.3, -0.25) is 13.9 Å². The van der Waals surface area contributed by atoms with Crippen LogP contribution >= 0.6 is 0 Å². The standard InChI is InChI=1S/C16H17N5O2/c1-3-4-10-21-14-12(15(22)20(2)16(21)23)17-13(18-19-14)11-8-6-5-7-9-11/h5-9H,3-4,10H2,1-2H3. The number of unbranched alkanes of at least 4 members (excludes halogenated alkanes) is 1. The highest BCUT2D eigenvalue weighted by atomic mass is 16.2. The molecule has 0 spiro atoms. The van der Waals surface area contributed by atoms with Crippen LogP contribution in [-0.2, 0) is 13.6 Å². The molecule has 2 heterocycles. The lowest BCUT2D eigenvalue weighted by molar-refractivity contribution is 0.579. The van der Waals surface area contributed by atoms with Crippen LogP contribution in [0.3, 0.4) is 0 Å². The molecule has 0 aliphatic carbocycles. The van der Waals surface area contributed by atoms with Crippen LogP contribution in [0.5, 0.6) is 0 Å². The molecule has 0 saturated heterocycles. The summed E-state index contributed by atoms with van der Waals surface area (Å²) < 4.78 is 2.54. The molecule has 0 N–H and O–H groups in total. The highest BCUT2D eigenvalue weighted by molar-refractivity contribution is 5.71. The van der Waals surface area contributed by atoms with E-state index in [1.54, 1.807) is 0 Å². The van der Waals surface area contributed by atoms with Gasteiger partial charge in [-0.25, -0.2) is 9.78 Å². The molecular formula is C16H17N5O2. The Bertz CT molecular complexity index is 960. The molecule has 0 radical (unpaired) electrons. The van der Waals surface area contributed by atoms with Gasteiger partial charge in [0.1, 0.15) is 0 Å². The second-order valence-corrected chi connectivity index (χ2v) is 5.33. The van der Waals surface area contributed by atoms with E-state index in [4.69, 9.17) is 0 Å². The molecule has 0 fully saturated rings. The van der Waals surface area contributed by atoms with Gasteiger partial charge in [-0.15, -0.1) is 10.2 Å². The summed E-state index contributed by atoms with van der Waals surface area (Å²) in [5.74, 6) is 0.371. The third-order valence-corrected chi connectivity index (χ3v) is 3.72. The zero-order valence-electron chi connectivity index (χ0n) is 13.1. The van der Waals surface area contributed by atoms with E-state index in [0.29, 0.717) is 12.4 Å². The Morgan fingerprint density at radius 3 is 2.52 bits per heavy atom. The minimum Gasteiger partial charge on any atom is -0.275 e. The number of hydrogen-bond acceptors (Lipinski definition) is 5. The molecule has 7 nitrogen and oxygen atoms in total. The van der Waals surface area contributed by atoms with Crippen molar-refractivity contribution in [1.82, 2.24) is 24.3 Å². The summed E-state index contributed by atoms with van der Waals surface area (Å²) in [6.07, 6.45) is 1.75. The fraction of sp³-hybridized carbons (Fsp3) is 0.312. The van der Waals surface area contributed by atoms with Gasteiger partial charge in [0, 0.05) is 19.2 Å². The van der Waals surface area contributed by atoms with E-state index >= 15 is 0 Å². The predicted octanol–water partition coefficient (Wildman–Crippen LogP) is 1.35. The number of aromatic nitrogens is 5. The predicted molar refractivity (Wildman–Crippen MR) is 87.2 cm³/mol. The molecule has 7 heteroatoms. The number of fused-ring (bicyclic) bond motifs is 1. The van der Waals surface area contributed by atoms with Gasteiger partial charge < -0.3 is 0 Å². The van der Waals surface area contributed by atoms with E-state index in [1.165, 1.54) is 11.6 Å². The normalized spacial score (nSPS) is 11.0. The number of benzene rings is 1. The minimum absolute atomic E-state index is 0.164. The van der Waals surface area contributed by atoms with Gasteiger partial charge in [-0.1, -0.05) is 43.7 Å². The average Bonchev–Trinajstić information content (AvgIpc) is 2.60. The topological polar surface area (TPSA) is 82.7 Å². The average molecular weight is 311 g/mol. The van der Waals surface area contributed by atoms with Crippen molar-refractivity contribution in [3.63, 3.8) is 0 Å². The van der Waals surface area contributed by atoms with Crippen LogP contribution in [0.4, 0.5) is 0 Å². The largest absolute Gasteiger partial charge is 0.332 e. The van der Waals surface area contributed by atoms with Crippen molar-refractivity contribution < 1.29 is 0 Å². The summed E-state index contributed by atoms with van der Waals surface area (Å²) >= 11 is 0. The van der Waals surface area contributed by atoms with Crippen molar-refractivity contribution in [2.45, 2.75) is 26.3 Å². The first-order valence-electron chi connectivity index (χ1n) is 7.53. The zero-order chi connectivity index (χ0) is 16.4. The van der Waals surface area contributed by atoms with Crippen LogP contribution in [0.1, 0.15) is 19.8 Å². The van der Waals surface area contributed by atoms with Gasteiger partial charge in [0.15, 0.2) is 17.0 Å². The summed E-state index contributed by atoms with van der Waals surface area (Å²) in [6, 6.07) is 9.31. The van der Waals surface area contributed by atoms with Gasteiger partial charge in [0.2, 0.25) is 0 Å². The molecule has 0 saturated carbocycles. The van der Waals surface area contributed by atoms with Crippen molar-refractivity contribution in [3.8, 4) is 11.4 Å². The van der Waals surface area contributed by atoms with Crippen molar-refractivity contribution >= 4 is 11.2 Å². The van der Waals surface area contributed by atoms with Crippen molar-refractivity contribution in [3.05, 3.63) is 51.2 Å². The number of rotatable bonds is 4. The molecule has 0 atom stereocenters. The van der Waals surface area contributed by atoms with Gasteiger partial charge in [-0.05, 0) is 6.42 Å². The molecule has 1 aromatic carbocycles. The maximum absolute atomic E-state index is 12.4. The lowest BCUT2D eigenvalue weighted by Crippen LogP contribution is -2.39. The Morgan fingerprint density at radius 1 is 1.09 bits per heavy atom. The fourth-order valence-electron chi connectivity index (χ4n) is 2.39. The highest BCUT2D eigenvalue weighted by Gasteiger charge is 2.15. The molecule has 2 aromatic heterocycles. The highest BCUT2D eigenvalue weighted by Crippen LogP contribution is 2.14. The van der Waals surface area contributed by atoms with Crippen molar-refractivity contribution in [2.24, 2.45) is 7.05 Å². The molecule has 0 aliphatic heterocycles. The summed E-state index contributed by atoms with van der Waals surface area (Å²) in [4.78, 5) is 29.0. The minimum atomic E-state index is -0.454. The summed E-state index contributed by atoms with van der Waals surface area (Å²) in [6.45, 7) is 2.52. The Balaban J connectivity index is 2.27. The van der Waals surface area contributed by atoms with Gasteiger partial charge >= 0.3 is 5.69 Å².